The fraction of sp³-hybridized carbons (Fsp3) is 0.292. The minimum absolute atomic E-state index is 0.287. The third-order valence-electron chi connectivity index (χ3n) is 5.27. The molecule has 1 fully saturated rings. The molecule has 2 heterocycles. The van der Waals surface area contributed by atoms with Gasteiger partial charge in [0.1, 0.15) is 36.3 Å². The first kappa shape index (κ1) is 20.5. The molecule has 5 rings (SSSR count). The lowest BCUT2D eigenvalue weighted by atomic mass is 10.0. The highest BCUT2D eigenvalue weighted by Crippen LogP contribution is 2.34. The smallest absolute Gasteiger partial charge is 0.252 e. The van der Waals surface area contributed by atoms with Gasteiger partial charge < -0.3 is 20.1 Å². The predicted molar refractivity (Wildman–Crippen MR) is 114 cm³/mol. The molecule has 0 spiro atoms. The average Bonchev–Trinajstić information content (AvgIpc) is 3.56. The van der Waals surface area contributed by atoms with Crippen molar-refractivity contribution in [2.75, 3.05) is 13.2 Å². The highest BCUT2D eigenvalue weighted by molar-refractivity contribution is 5.98. The van der Waals surface area contributed by atoms with Gasteiger partial charge in [-0.25, -0.2) is 0 Å². The van der Waals surface area contributed by atoms with Crippen LogP contribution < -0.4 is 20.1 Å². The molecule has 0 saturated heterocycles. The molecule has 0 aromatic heterocycles. The average molecular weight is 417 g/mol. The number of carbonyl (C=O) groups excluding carboxylic acids is 2. The molecule has 1 aliphatic carbocycles. The molecule has 2 aromatic carbocycles. The Hall–Kier alpha value is -3.79. The van der Waals surface area contributed by atoms with E-state index >= 15 is 0 Å². The van der Waals surface area contributed by atoms with E-state index in [-0.39, 0.29) is 18.2 Å². The van der Waals surface area contributed by atoms with Crippen LogP contribution in [-0.2, 0) is 11.2 Å². The summed E-state index contributed by atoms with van der Waals surface area (Å²) >= 11 is 0. The van der Waals surface area contributed by atoms with Gasteiger partial charge in [0.25, 0.3) is 5.91 Å². The van der Waals surface area contributed by atoms with Crippen LogP contribution in [0.2, 0.25) is 0 Å². The number of hydrogen-bond acceptors (Lipinski definition) is 5. The summed E-state index contributed by atoms with van der Waals surface area (Å²) in [6, 6.07) is 15.5. The zero-order valence-electron chi connectivity index (χ0n) is 17.0. The van der Waals surface area contributed by atoms with E-state index in [1.54, 1.807) is 24.3 Å². The Kier molecular flexibility index (Phi) is 5.89. The molecule has 31 heavy (non-hydrogen) atoms. The molecule has 2 N–H and O–H groups in total. The fourth-order valence-electron chi connectivity index (χ4n) is 3.27. The number of hydrogen-bond donors (Lipinski definition) is 2. The standard InChI is InChI=1S/C24H23N3O4/c25-16-24(10-11-24)27-23(29)21-14-17-6-8-19(9-7-17)30-12-1-2-13-31-20-5-3-4-18(15-20)22(28)26-21/h1-9,15,21H,10-14H2,(H,26,28)(H,27,29)/b2-1-/t21-/m0/s1. The van der Waals surface area contributed by atoms with E-state index in [9.17, 15) is 14.9 Å². The van der Waals surface area contributed by atoms with Crippen molar-refractivity contribution in [3.63, 3.8) is 0 Å². The third-order valence-corrected chi connectivity index (χ3v) is 5.27. The number of benzene rings is 2. The lowest BCUT2D eigenvalue weighted by Crippen LogP contribution is -2.51. The van der Waals surface area contributed by atoms with Crippen molar-refractivity contribution < 1.29 is 19.1 Å². The van der Waals surface area contributed by atoms with Gasteiger partial charge in [0.15, 0.2) is 0 Å². The van der Waals surface area contributed by atoms with Crippen molar-refractivity contribution in [2.45, 2.75) is 30.8 Å². The number of rotatable bonds is 2. The summed E-state index contributed by atoms with van der Waals surface area (Å²) < 4.78 is 11.3. The van der Waals surface area contributed by atoms with Gasteiger partial charge in [-0.15, -0.1) is 0 Å². The molecule has 1 saturated carbocycles. The van der Waals surface area contributed by atoms with Crippen molar-refractivity contribution >= 4 is 11.8 Å². The molecule has 158 valence electrons. The first-order chi connectivity index (χ1) is 15.1. The van der Waals surface area contributed by atoms with Crippen LogP contribution in [0.5, 0.6) is 11.5 Å². The van der Waals surface area contributed by atoms with Crippen LogP contribution in [0, 0.1) is 11.3 Å². The summed E-state index contributed by atoms with van der Waals surface area (Å²) in [6.45, 7) is 0.749. The number of nitriles is 1. The first-order valence-corrected chi connectivity index (χ1v) is 10.2. The molecule has 2 aliphatic heterocycles. The van der Waals surface area contributed by atoms with Crippen molar-refractivity contribution in [1.82, 2.24) is 10.6 Å². The van der Waals surface area contributed by atoms with Crippen LogP contribution in [-0.4, -0.2) is 36.6 Å². The Bertz CT molecular complexity index is 1040. The van der Waals surface area contributed by atoms with Gasteiger partial charge in [0.05, 0.1) is 6.07 Å². The summed E-state index contributed by atoms with van der Waals surface area (Å²) in [5, 5.41) is 14.9. The topological polar surface area (TPSA) is 100 Å². The van der Waals surface area contributed by atoms with E-state index in [0.29, 0.717) is 43.1 Å². The highest BCUT2D eigenvalue weighted by atomic mass is 16.5. The van der Waals surface area contributed by atoms with E-state index in [0.717, 1.165) is 5.56 Å². The van der Waals surface area contributed by atoms with Crippen molar-refractivity contribution in [1.29, 1.82) is 5.26 Å². The van der Waals surface area contributed by atoms with Gasteiger partial charge in [-0.05, 0) is 60.9 Å². The highest BCUT2D eigenvalue weighted by Gasteiger charge is 2.45. The SMILES string of the molecule is N#CC1(NC(=O)[C@@H]2Cc3ccc(cc3)OC/C=C\COc3cccc(c3)C(=O)N2)CC1. The second kappa shape index (κ2) is 8.92. The van der Waals surface area contributed by atoms with Crippen LogP contribution in [0.3, 0.4) is 0 Å². The summed E-state index contributed by atoms with van der Waals surface area (Å²) in [6.07, 6.45) is 5.24. The molecule has 0 radical (unpaired) electrons. The van der Waals surface area contributed by atoms with Gasteiger partial charge in [-0.2, -0.15) is 5.26 Å². The Labute approximate surface area is 180 Å². The number of amides is 2. The van der Waals surface area contributed by atoms with Crippen molar-refractivity contribution in [3.8, 4) is 17.6 Å². The van der Waals surface area contributed by atoms with E-state index in [1.165, 1.54) is 0 Å². The second-order valence-corrected chi connectivity index (χ2v) is 7.68. The number of nitrogens with one attached hydrogen (secondary N) is 2. The molecule has 7 heteroatoms. The molecule has 0 unspecified atom stereocenters. The Morgan fingerprint density at radius 3 is 2.45 bits per heavy atom. The number of ether oxygens (including phenoxy) is 2. The summed E-state index contributed by atoms with van der Waals surface area (Å²) in [5.74, 6) is 0.503. The maximum atomic E-state index is 12.9. The monoisotopic (exact) mass is 417 g/mol. The minimum atomic E-state index is -0.827. The van der Waals surface area contributed by atoms with Gasteiger partial charge in [0, 0.05) is 12.0 Å². The van der Waals surface area contributed by atoms with Crippen molar-refractivity contribution in [2.24, 2.45) is 0 Å². The largest absolute Gasteiger partial charge is 0.490 e. The molecule has 2 aromatic rings. The molecule has 2 amide bonds. The molecule has 3 aliphatic rings. The van der Waals surface area contributed by atoms with Crippen LogP contribution in [0.4, 0.5) is 0 Å². The summed E-state index contributed by atoms with van der Waals surface area (Å²) in [7, 11) is 0. The number of fused-ring (bicyclic) bond motifs is 9. The molecular formula is C24H23N3O4. The third kappa shape index (κ3) is 5.23. The summed E-state index contributed by atoms with van der Waals surface area (Å²) in [5.41, 5.74) is 0.448. The Morgan fingerprint density at radius 2 is 1.77 bits per heavy atom. The normalized spacial score (nSPS) is 20.7. The molecular weight excluding hydrogens is 394 g/mol. The van der Waals surface area contributed by atoms with E-state index in [2.05, 4.69) is 16.7 Å². The predicted octanol–water partition coefficient (Wildman–Crippen LogP) is 2.53. The van der Waals surface area contributed by atoms with Crippen LogP contribution in [0.1, 0.15) is 28.8 Å². The second-order valence-electron chi connectivity index (χ2n) is 7.68. The van der Waals surface area contributed by atoms with Gasteiger partial charge in [-0.3, -0.25) is 9.59 Å². The molecule has 1 atom stereocenters. The number of carbonyl (C=O) groups is 2. The fourth-order valence-corrected chi connectivity index (χ4v) is 3.27. The zero-order valence-corrected chi connectivity index (χ0v) is 17.0. The van der Waals surface area contributed by atoms with Gasteiger partial charge in [-0.1, -0.05) is 18.2 Å². The maximum absolute atomic E-state index is 12.9. The van der Waals surface area contributed by atoms with Crippen LogP contribution in [0.25, 0.3) is 0 Å². The van der Waals surface area contributed by atoms with Gasteiger partial charge in [0.2, 0.25) is 5.91 Å². The Balaban J connectivity index is 1.60. The lowest BCUT2D eigenvalue weighted by molar-refractivity contribution is -0.123. The molecule has 7 nitrogen and oxygen atoms in total. The number of nitrogens with zero attached hydrogens (tertiary/aromatic N) is 1. The van der Waals surface area contributed by atoms with Gasteiger partial charge >= 0.3 is 0 Å². The van der Waals surface area contributed by atoms with E-state index in [4.69, 9.17) is 9.47 Å². The van der Waals surface area contributed by atoms with Crippen molar-refractivity contribution in [3.05, 3.63) is 71.8 Å². The van der Waals surface area contributed by atoms with Crippen LogP contribution >= 0.6 is 0 Å². The van der Waals surface area contributed by atoms with E-state index in [1.807, 2.05) is 36.4 Å². The summed E-state index contributed by atoms with van der Waals surface area (Å²) in [4.78, 5) is 25.8. The van der Waals surface area contributed by atoms with Crippen LogP contribution in [0.15, 0.2) is 60.7 Å². The Morgan fingerprint density at radius 1 is 1.06 bits per heavy atom. The quantitative estimate of drug-likeness (QED) is 0.732. The molecule has 4 bridgehead atoms. The minimum Gasteiger partial charge on any atom is -0.490 e. The maximum Gasteiger partial charge on any atom is 0.252 e. The van der Waals surface area contributed by atoms with E-state index < -0.39 is 11.6 Å². The zero-order chi connectivity index (χ0) is 21.7. The first-order valence-electron chi connectivity index (χ1n) is 10.2. The lowest BCUT2D eigenvalue weighted by Gasteiger charge is -2.20.